The highest BCUT2D eigenvalue weighted by molar-refractivity contribution is 5.78. The van der Waals surface area contributed by atoms with Crippen LogP contribution in [0, 0.1) is 11.7 Å². The highest BCUT2D eigenvalue weighted by Crippen LogP contribution is 2.14. The lowest BCUT2D eigenvalue weighted by atomic mass is 10.0. The van der Waals surface area contributed by atoms with Gasteiger partial charge in [0.15, 0.2) is 0 Å². The minimum absolute atomic E-state index is 0.0430. The van der Waals surface area contributed by atoms with Crippen LogP contribution in [-0.4, -0.2) is 47.1 Å². The number of rotatable bonds is 4. The summed E-state index contributed by atoms with van der Waals surface area (Å²) in [5, 5.41) is 0. The van der Waals surface area contributed by atoms with Crippen LogP contribution >= 0.6 is 0 Å². The van der Waals surface area contributed by atoms with E-state index < -0.39 is 0 Å². The second-order valence-electron chi connectivity index (χ2n) is 6.03. The zero-order valence-electron chi connectivity index (χ0n) is 13.4. The Hall–Kier alpha value is -2.34. The molecule has 1 atom stereocenters. The average Bonchev–Trinajstić information content (AvgIpc) is 2.83. The highest BCUT2D eigenvalue weighted by Gasteiger charge is 2.23. The SMILES string of the molecule is O=C(Cc1ccc(F)cc1)N1CCOCC(Cc2cncnc2)C1. The third kappa shape index (κ3) is 4.58. The average molecular weight is 329 g/mol. The van der Waals surface area contributed by atoms with Gasteiger partial charge in [-0.25, -0.2) is 14.4 Å². The number of aromatic nitrogens is 2. The van der Waals surface area contributed by atoms with Crippen molar-refractivity contribution in [2.75, 3.05) is 26.3 Å². The summed E-state index contributed by atoms with van der Waals surface area (Å²) in [7, 11) is 0. The second-order valence-corrected chi connectivity index (χ2v) is 6.03. The van der Waals surface area contributed by atoms with Crippen molar-refractivity contribution in [3.8, 4) is 0 Å². The molecule has 6 heteroatoms. The monoisotopic (exact) mass is 329 g/mol. The summed E-state index contributed by atoms with van der Waals surface area (Å²) in [5.41, 5.74) is 1.86. The van der Waals surface area contributed by atoms with Crippen LogP contribution < -0.4 is 0 Å². The van der Waals surface area contributed by atoms with E-state index in [1.54, 1.807) is 24.5 Å². The standard InChI is InChI=1S/C18H20FN3O2/c19-17-3-1-14(2-4-17)8-18(23)22-5-6-24-12-16(11-22)7-15-9-20-13-21-10-15/h1-4,9-10,13,16H,5-8,11-12H2. The Balaban J connectivity index is 1.61. The first-order valence-corrected chi connectivity index (χ1v) is 8.04. The first-order chi connectivity index (χ1) is 11.7. The number of benzene rings is 1. The Labute approximate surface area is 140 Å². The summed E-state index contributed by atoms with van der Waals surface area (Å²) in [6.07, 6.45) is 6.15. The summed E-state index contributed by atoms with van der Waals surface area (Å²) < 4.78 is 18.6. The molecule has 0 bridgehead atoms. The van der Waals surface area contributed by atoms with Gasteiger partial charge in [0, 0.05) is 31.4 Å². The first kappa shape index (κ1) is 16.5. The maximum absolute atomic E-state index is 13.0. The molecule has 1 amide bonds. The van der Waals surface area contributed by atoms with Gasteiger partial charge in [-0.1, -0.05) is 12.1 Å². The van der Waals surface area contributed by atoms with Crippen LogP contribution in [-0.2, 0) is 22.4 Å². The van der Waals surface area contributed by atoms with Crippen LogP contribution in [0.2, 0.25) is 0 Å². The lowest BCUT2D eigenvalue weighted by Crippen LogP contribution is -2.37. The Morgan fingerprint density at radius 2 is 1.96 bits per heavy atom. The zero-order chi connectivity index (χ0) is 16.8. The topological polar surface area (TPSA) is 55.3 Å². The number of halogens is 1. The van der Waals surface area contributed by atoms with Gasteiger partial charge in [0.1, 0.15) is 12.1 Å². The summed E-state index contributed by atoms with van der Waals surface area (Å²) in [6.45, 7) is 2.39. The number of amides is 1. The lowest BCUT2D eigenvalue weighted by molar-refractivity contribution is -0.130. The Morgan fingerprint density at radius 3 is 2.71 bits per heavy atom. The van der Waals surface area contributed by atoms with Crippen LogP contribution in [0.15, 0.2) is 43.0 Å². The lowest BCUT2D eigenvalue weighted by Gasteiger charge is -2.23. The number of ether oxygens (including phenoxy) is 1. The third-order valence-corrected chi connectivity index (χ3v) is 4.10. The smallest absolute Gasteiger partial charge is 0.227 e. The second kappa shape index (κ2) is 7.97. The van der Waals surface area contributed by atoms with Crippen molar-refractivity contribution in [2.24, 2.45) is 5.92 Å². The van der Waals surface area contributed by atoms with E-state index >= 15 is 0 Å². The molecular formula is C18H20FN3O2. The van der Waals surface area contributed by atoms with Crippen LogP contribution in [0.5, 0.6) is 0 Å². The maximum Gasteiger partial charge on any atom is 0.227 e. The van der Waals surface area contributed by atoms with Gasteiger partial charge in [-0.3, -0.25) is 4.79 Å². The molecular weight excluding hydrogens is 309 g/mol. The molecule has 2 heterocycles. The van der Waals surface area contributed by atoms with Gasteiger partial charge in [-0.2, -0.15) is 0 Å². The first-order valence-electron chi connectivity index (χ1n) is 8.04. The van der Waals surface area contributed by atoms with E-state index in [1.165, 1.54) is 18.5 Å². The van der Waals surface area contributed by atoms with Gasteiger partial charge in [0.25, 0.3) is 0 Å². The molecule has 3 rings (SSSR count). The Kier molecular flexibility index (Phi) is 5.48. The minimum Gasteiger partial charge on any atom is -0.379 e. The van der Waals surface area contributed by atoms with Gasteiger partial charge in [0.05, 0.1) is 19.6 Å². The normalized spacial score (nSPS) is 18.2. The van der Waals surface area contributed by atoms with Crippen molar-refractivity contribution in [1.82, 2.24) is 14.9 Å². The molecule has 1 aromatic heterocycles. The van der Waals surface area contributed by atoms with E-state index in [-0.39, 0.29) is 24.1 Å². The number of carbonyl (C=O) groups excluding carboxylic acids is 1. The van der Waals surface area contributed by atoms with Crippen molar-refractivity contribution in [3.63, 3.8) is 0 Å². The van der Waals surface area contributed by atoms with E-state index in [2.05, 4.69) is 9.97 Å². The van der Waals surface area contributed by atoms with Crippen LogP contribution in [0.1, 0.15) is 11.1 Å². The molecule has 5 nitrogen and oxygen atoms in total. The summed E-state index contributed by atoms with van der Waals surface area (Å²) in [6, 6.07) is 6.07. The molecule has 0 radical (unpaired) electrons. The van der Waals surface area contributed by atoms with E-state index in [1.807, 2.05) is 4.90 Å². The van der Waals surface area contributed by atoms with Crippen molar-refractivity contribution in [1.29, 1.82) is 0 Å². The van der Waals surface area contributed by atoms with Crippen LogP contribution in [0.3, 0.4) is 0 Å². The number of carbonyl (C=O) groups is 1. The molecule has 2 aromatic rings. The molecule has 1 aliphatic rings. The van der Waals surface area contributed by atoms with Crippen molar-refractivity contribution >= 4 is 5.91 Å². The van der Waals surface area contributed by atoms with Gasteiger partial charge >= 0.3 is 0 Å². The van der Waals surface area contributed by atoms with Gasteiger partial charge in [-0.15, -0.1) is 0 Å². The summed E-state index contributed by atoms with van der Waals surface area (Å²) >= 11 is 0. The highest BCUT2D eigenvalue weighted by atomic mass is 19.1. The van der Waals surface area contributed by atoms with Gasteiger partial charge < -0.3 is 9.64 Å². The van der Waals surface area contributed by atoms with Crippen molar-refractivity contribution in [3.05, 3.63) is 59.9 Å². The van der Waals surface area contributed by atoms with Crippen molar-refractivity contribution in [2.45, 2.75) is 12.8 Å². The molecule has 0 N–H and O–H groups in total. The predicted octanol–water partition coefficient (Wildman–Crippen LogP) is 1.88. The van der Waals surface area contributed by atoms with Gasteiger partial charge in [0.2, 0.25) is 5.91 Å². The van der Waals surface area contributed by atoms with Crippen LogP contribution in [0.25, 0.3) is 0 Å². The molecule has 1 unspecified atom stereocenters. The quantitative estimate of drug-likeness (QED) is 0.859. The molecule has 0 spiro atoms. The zero-order valence-corrected chi connectivity index (χ0v) is 13.4. The molecule has 0 aliphatic carbocycles. The molecule has 24 heavy (non-hydrogen) atoms. The molecule has 1 fully saturated rings. The largest absolute Gasteiger partial charge is 0.379 e. The molecule has 1 aliphatic heterocycles. The van der Waals surface area contributed by atoms with Crippen molar-refractivity contribution < 1.29 is 13.9 Å². The van der Waals surface area contributed by atoms with Crippen LogP contribution in [0.4, 0.5) is 4.39 Å². The van der Waals surface area contributed by atoms with Gasteiger partial charge in [-0.05, 0) is 29.7 Å². The predicted molar refractivity (Wildman–Crippen MR) is 86.7 cm³/mol. The Morgan fingerprint density at radius 1 is 1.21 bits per heavy atom. The van der Waals surface area contributed by atoms with E-state index in [0.29, 0.717) is 26.3 Å². The van der Waals surface area contributed by atoms with E-state index in [0.717, 1.165) is 17.5 Å². The fourth-order valence-corrected chi connectivity index (χ4v) is 2.89. The fraction of sp³-hybridized carbons (Fsp3) is 0.389. The summed E-state index contributed by atoms with van der Waals surface area (Å²) in [4.78, 5) is 22.4. The fourth-order valence-electron chi connectivity index (χ4n) is 2.89. The van der Waals surface area contributed by atoms with E-state index in [9.17, 15) is 9.18 Å². The molecule has 0 saturated carbocycles. The van der Waals surface area contributed by atoms with E-state index in [4.69, 9.17) is 4.74 Å². The molecule has 1 aromatic carbocycles. The maximum atomic E-state index is 13.0. The molecule has 1 saturated heterocycles. The summed E-state index contributed by atoms with van der Waals surface area (Å²) in [5.74, 6) is -0.0309. The molecule has 126 valence electrons. The number of hydrogen-bond acceptors (Lipinski definition) is 4. The number of hydrogen-bond donors (Lipinski definition) is 0. The third-order valence-electron chi connectivity index (χ3n) is 4.10. The minimum atomic E-state index is -0.292. The Bertz CT molecular complexity index is 664. The number of nitrogens with zero attached hydrogens (tertiary/aromatic N) is 3.